The largest absolute Gasteiger partial charge is 0.392 e. The highest BCUT2D eigenvalue weighted by Crippen LogP contribution is 2.32. The molecule has 1 heterocycles. The Morgan fingerprint density at radius 1 is 1.33 bits per heavy atom. The average molecular weight is 255 g/mol. The van der Waals surface area contributed by atoms with Crippen molar-refractivity contribution in [3.05, 3.63) is 0 Å². The van der Waals surface area contributed by atoms with Gasteiger partial charge in [-0.25, -0.2) is 0 Å². The second kappa shape index (κ2) is 5.99. The van der Waals surface area contributed by atoms with Crippen molar-refractivity contribution in [2.75, 3.05) is 53.4 Å². The minimum Gasteiger partial charge on any atom is -0.392 e. The van der Waals surface area contributed by atoms with Gasteiger partial charge in [0, 0.05) is 32.7 Å². The third-order valence-corrected chi connectivity index (χ3v) is 3.93. The van der Waals surface area contributed by atoms with Gasteiger partial charge in [-0.1, -0.05) is 0 Å². The molecular formula is C13H25N3O2. The smallest absolute Gasteiger partial charge is 0.236 e. The first-order chi connectivity index (χ1) is 8.56. The van der Waals surface area contributed by atoms with Gasteiger partial charge in [-0.05, 0) is 32.9 Å². The fraction of sp³-hybridized carbons (Fsp3) is 0.923. The first-order valence-corrected chi connectivity index (χ1v) is 6.89. The molecule has 1 unspecified atom stereocenters. The zero-order valence-corrected chi connectivity index (χ0v) is 11.5. The lowest BCUT2D eigenvalue weighted by Gasteiger charge is -2.33. The van der Waals surface area contributed by atoms with E-state index in [0.29, 0.717) is 19.0 Å². The number of hydrogen-bond acceptors (Lipinski definition) is 4. The molecule has 0 radical (unpaired) electrons. The number of aliphatic hydroxyl groups is 1. The highest BCUT2D eigenvalue weighted by molar-refractivity contribution is 5.78. The summed E-state index contributed by atoms with van der Waals surface area (Å²) in [5.41, 5.74) is 0. The fourth-order valence-corrected chi connectivity index (χ4v) is 2.40. The van der Waals surface area contributed by atoms with E-state index >= 15 is 0 Å². The molecule has 1 atom stereocenters. The maximum Gasteiger partial charge on any atom is 0.236 e. The van der Waals surface area contributed by atoms with E-state index in [1.54, 1.807) is 0 Å². The predicted octanol–water partition coefficient (Wildman–Crippen LogP) is -0.537. The molecule has 1 aliphatic carbocycles. The van der Waals surface area contributed by atoms with Gasteiger partial charge < -0.3 is 14.9 Å². The number of piperazine rings is 1. The van der Waals surface area contributed by atoms with Gasteiger partial charge in [0.15, 0.2) is 0 Å². The topological polar surface area (TPSA) is 47.0 Å². The third kappa shape index (κ3) is 3.93. The summed E-state index contributed by atoms with van der Waals surface area (Å²) in [4.78, 5) is 18.2. The molecule has 2 aliphatic rings. The van der Waals surface area contributed by atoms with E-state index in [1.807, 2.05) is 16.8 Å². The zero-order valence-electron chi connectivity index (χ0n) is 11.5. The Kier molecular flexibility index (Phi) is 4.59. The van der Waals surface area contributed by atoms with Gasteiger partial charge in [-0.3, -0.25) is 9.69 Å². The maximum atomic E-state index is 12.1. The number of aliphatic hydroxyl groups excluding tert-OH is 1. The number of likely N-dealkylation sites (N-methyl/N-ethyl adjacent to an activating group) is 2. The van der Waals surface area contributed by atoms with E-state index in [9.17, 15) is 9.90 Å². The van der Waals surface area contributed by atoms with E-state index in [1.165, 1.54) is 0 Å². The van der Waals surface area contributed by atoms with Crippen LogP contribution in [0, 0.1) is 5.92 Å². The standard InChI is InChI=1S/C13H25N3O2/c1-14-5-7-16(8-6-14)13(18)10-15(2)9-12(17)11-3-4-11/h11-12,17H,3-10H2,1-2H3. The molecule has 2 fully saturated rings. The SMILES string of the molecule is CN1CCN(C(=O)CN(C)CC(O)C2CC2)CC1. The fourth-order valence-electron chi connectivity index (χ4n) is 2.40. The number of hydrogen-bond donors (Lipinski definition) is 1. The van der Waals surface area contributed by atoms with E-state index in [-0.39, 0.29) is 12.0 Å². The van der Waals surface area contributed by atoms with Crippen LogP contribution in [0.15, 0.2) is 0 Å². The molecular weight excluding hydrogens is 230 g/mol. The van der Waals surface area contributed by atoms with Gasteiger partial charge in [-0.15, -0.1) is 0 Å². The average Bonchev–Trinajstić information content (AvgIpc) is 3.13. The summed E-state index contributed by atoms with van der Waals surface area (Å²) in [6, 6.07) is 0. The predicted molar refractivity (Wildman–Crippen MR) is 70.3 cm³/mol. The van der Waals surface area contributed by atoms with Crippen LogP contribution in [-0.4, -0.2) is 85.2 Å². The van der Waals surface area contributed by atoms with Crippen molar-refractivity contribution in [3.63, 3.8) is 0 Å². The van der Waals surface area contributed by atoms with Crippen LogP contribution in [0.3, 0.4) is 0 Å². The molecule has 0 aromatic carbocycles. The normalized spacial score (nSPS) is 23.4. The van der Waals surface area contributed by atoms with Crippen molar-refractivity contribution in [2.24, 2.45) is 5.92 Å². The molecule has 1 saturated carbocycles. The van der Waals surface area contributed by atoms with E-state index < -0.39 is 0 Å². The van der Waals surface area contributed by atoms with Gasteiger partial charge in [0.1, 0.15) is 0 Å². The zero-order chi connectivity index (χ0) is 13.1. The van der Waals surface area contributed by atoms with E-state index in [2.05, 4.69) is 11.9 Å². The molecule has 0 aromatic rings. The lowest BCUT2D eigenvalue weighted by molar-refractivity contribution is -0.133. The highest BCUT2D eigenvalue weighted by atomic mass is 16.3. The van der Waals surface area contributed by atoms with Crippen LogP contribution in [0.25, 0.3) is 0 Å². The highest BCUT2D eigenvalue weighted by Gasteiger charge is 2.30. The van der Waals surface area contributed by atoms with Crippen molar-refractivity contribution in [1.29, 1.82) is 0 Å². The molecule has 5 heteroatoms. The van der Waals surface area contributed by atoms with Gasteiger partial charge in [0.2, 0.25) is 5.91 Å². The monoisotopic (exact) mass is 255 g/mol. The Bertz CT molecular complexity index is 286. The number of carbonyl (C=O) groups excluding carboxylic acids is 1. The summed E-state index contributed by atoms with van der Waals surface area (Å²) in [6.07, 6.45) is 2.03. The van der Waals surface area contributed by atoms with E-state index in [4.69, 9.17) is 0 Å². The number of rotatable bonds is 5. The molecule has 2 rings (SSSR count). The van der Waals surface area contributed by atoms with Crippen LogP contribution >= 0.6 is 0 Å². The van der Waals surface area contributed by atoms with Crippen LogP contribution in [0.1, 0.15) is 12.8 Å². The van der Waals surface area contributed by atoms with E-state index in [0.717, 1.165) is 39.0 Å². The molecule has 1 N–H and O–H groups in total. The van der Waals surface area contributed by atoms with Crippen molar-refractivity contribution in [1.82, 2.24) is 14.7 Å². The first kappa shape index (κ1) is 13.8. The molecule has 0 aromatic heterocycles. The molecule has 0 bridgehead atoms. The first-order valence-electron chi connectivity index (χ1n) is 6.89. The third-order valence-electron chi connectivity index (χ3n) is 3.93. The summed E-state index contributed by atoms with van der Waals surface area (Å²) in [6.45, 7) is 4.61. The van der Waals surface area contributed by atoms with Crippen molar-refractivity contribution in [2.45, 2.75) is 18.9 Å². The summed E-state index contributed by atoms with van der Waals surface area (Å²) in [5.74, 6) is 0.666. The molecule has 1 amide bonds. The number of amides is 1. The minimum atomic E-state index is -0.254. The number of carbonyl (C=O) groups is 1. The molecule has 5 nitrogen and oxygen atoms in total. The Morgan fingerprint density at radius 2 is 1.94 bits per heavy atom. The van der Waals surface area contributed by atoms with Gasteiger partial charge in [0.25, 0.3) is 0 Å². The quantitative estimate of drug-likeness (QED) is 0.717. The van der Waals surface area contributed by atoms with Gasteiger partial charge in [0.05, 0.1) is 12.6 Å². The molecule has 104 valence electrons. The van der Waals surface area contributed by atoms with Crippen LogP contribution in [0.5, 0.6) is 0 Å². The summed E-state index contributed by atoms with van der Waals surface area (Å²) in [5, 5.41) is 9.84. The second-order valence-electron chi connectivity index (χ2n) is 5.79. The minimum absolute atomic E-state index is 0.189. The Labute approximate surface area is 109 Å². The molecule has 1 aliphatic heterocycles. The van der Waals surface area contributed by atoms with Crippen molar-refractivity contribution >= 4 is 5.91 Å². The van der Waals surface area contributed by atoms with Crippen LogP contribution in [-0.2, 0) is 4.79 Å². The molecule has 1 saturated heterocycles. The lowest BCUT2D eigenvalue weighted by atomic mass is 10.2. The van der Waals surface area contributed by atoms with Crippen LogP contribution < -0.4 is 0 Å². The number of nitrogens with zero attached hydrogens (tertiary/aromatic N) is 3. The summed E-state index contributed by atoms with van der Waals surface area (Å²) < 4.78 is 0. The Hall–Kier alpha value is -0.650. The Morgan fingerprint density at radius 3 is 2.50 bits per heavy atom. The lowest BCUT2D eigenvalue weighted by Crippen LogP contribution is -2.50. The maximum absolute atomic E-state index is 12.1. The Balaban J connectivity index is 1.69. The van der Waals surface area contributed by atoms with Crippen LogP contribution in [0.4, 0.5) is 0 Å². The van der Waals surface area contributed by atoms with Gasteiger partial charge in [-0.2, -0.15) is 0 Å². The van der Waals surface area contributed by atoms with Crippen molar-refractivity contribution in [3.8, 4) is 0 Å². The second-order valence-corrected chi connectivity index (χ2v) is 5.79. The summed E-state index contributed by atoms with van der Waals surface area (Å²) in [7, 11) is 4.00. The van der Waals surface area contributed by atoms with Crippen molar-refractivity contribution < 1.29 is 9.90 Å². The van der Waals surface area contributed by atoms with Crippen LogP contribution in [0.2, 0.25) is 0 Å². The molecule has 0 spiro atoms. The summed E-state index contributed by atoms with van der Waals surface area (Å²) >= 11 is 0. The van der Waals surface area contributed by atoms with Gasteiger partial charge >= 0.3 is 0 Å². The molecule has 18 heavy (non-hydrogen) atoms.